The van der Waals surface area contributed by atoms with E-state index in [0.29, 0.717) is 24.9 Å². The van der Waals surface area contributed by atoms with Crippen LogP contribution in [0.15, 0.2) is 84.9 Å². The van der Waals surface area contributed by atoms with Gasteiger partial charge in [0.05, 0.1) is 0 Å². The van der Waals surface area contributed by atoms with Gasteiger partial charge in [0.1, 0.15) is 18.9 Å². The van der Waals surface area contributed by atoms with Crippen molar-refractivity contribution in [3.8, 4) is 11.1 Å². The van der Waals surface area contributed by atoms with E-state index in [2.05, 4.69) is 29.0 Å². The van der Waals surface area contributed by atoms with Crippen molar-refractivity contribution in [1.82, 2.24) is 0 Å². The number of benzene rings is 3. The molecular weight excluding hydrogens is 486 g/mol. The minimum atomic E-state index is -0.955. The van der Waals surface area contributed by atoms with E-state index in [4.69, 9.17) is 27.4 Å². The predicted octanol–water partition coefficient (Wildman–Crippen LogP) is 3.21. The summed E-state index contributed by atoms with van der Waals surface area (Å²) in [5.41, 5.74) is 20.0. The Kier molecular flexibility index (Phi) is 20.0. The van der Waals surface area contributed by atoms with Crippen LogP contribution in [0.2, 0.25) is 0 Å². The van der Waals surface area contributed by atoms with E-state index in [0.717, 1.165) is 24.8 Å². The van der Waals surface area contributed by atoms with E-state index in [-0.39, 0.29) is 6.61 Å². The minimum absolute atomic E-state index is 0.208. The Hall–Kier alpha value is -3.89. The third-order valence-electron chi connectivity index (χ3n) is 4.73. The number of carboxylic acids is 2. The average molecular weight is 526 g/mol. The summed E-state index contributed by atoms with van der Waals surface area (Å²) in [7, 11) is 1.34. The van der Waals surface area contributed by atoms with Crippen molar-refractivity contribution in [3.05, 3.63) is 96.1 Å². The summed E-state index contributed by atoms with van der Waals surface area (Å²) in [4.78, 5) is 30.0. The van der Waals surface area contributed by atoms with Crippen LogP contribution in [-0.4, -0.2) is 61.3 Å². The van der Waals surface area contributed by atoms with Gasteiger partial charge in [-0.1, -0.05) is 84.9 Å². The number of hydrogen-bond acceptors (Lipinski definition) is 7. The topological polar surface area (TPSA) is 179 Å². The van der Waals surface area contributed by atoms with Crippen molar-refractivity contribution in [3.63, 3.8) is 0 Å². The van der Waals surface area contributed by atoms with Gasteiger partial charge in [-0.3, -0.25) is 9.59 Å². The largest absolute Gasteiger partial charge is 0.480 e. The molecule has 0 amide bonds. The summed E-state index contributed by atoms with van der Waals surface area (Å²) >= 11 is 0. The highest BCUT2D eigenvalue weighted by Crippen LogP contribution is 2.18. The van der Waals surface area contributed by atoms with Crippen LogP contribution >= 0.6 is 0 Å². The smallest absolute Gasteiger partial charge is 0.329 e. The highest BCUT2D eigenvalue weighted by Gasteiger charge is 2.08. The summed E-state index contributed by atoms with van der Waals surface area (Å²) in [6, 6.07) is 27.2. The van der Waals surface area contributed by atoms with Crippen molar-refractivity contribution in [1.29, 1.82) is 0 Å². The minimum Gasteiger partial charge on any atom is -0.480 e. The lowest BCUT2D eigenvalue weighted by Gasteiger charge is -2.02. The molecule has 0 radical (unpaired) electrons. The van der Waals surface area contributed by atoms with Crippen LogP contribution in [0.5, 0.6) is 0 Å². The monoisotopic (exact) mass is 525 g/mol. The maximum Gasteiger partial charge on any atom is 0.329 e. The highest BCUT2D eigenvalue weighted by molar-refractivity contribution is 5.76. The zero-order valence-electron chi connectivity index (χ0n) is 21.7. The molecule has 0 aliphatic heterocycles. The van der Waals surface area contributed by atoms with Crippen LogP contribution < -0.4 is 17.2 Å². The first kappa shape index (κ1) is 34.1. The van der Waals surface area contributed by atoms with Crippen LogP contribution in [0.1, 0.15) is 28.8 Å². The molecule has 1 atom stereocenters. The first-order chi connectivity index (χ1) is 18.3. The maximum absolute atomic E-state index is 10.5. The van der Waals surface area contributed by atoms with E-state index in [1.165, 1.54) is 18.2 Å². The fourth-order valence-electron chi connectivity index (χ4n) is 2.78. The second kappa shape index (κ2) is 22.3. The zero-order valence-corrected chi connectivity index (χ0v) is 21.7. The van der Waals surface area contributed by atoms with E-state index < -0.39 is 18.0 Å². The van der Waals surface area contributed by atoms with Gasteiger partial charge in [-0.15, -0.1) is 0 Å². The molecule has 206 valence electrons. The zero-order chi connectivity index (χ0) is 28.6. The summed E-state index contributed by atoms with van der Waals surface area (Å²) in [5.74, 6) is -1.89. The fourth-order valence-corrected chi connectivity index (χ4v) is 2.78. The molecule has 0 unspecified atom stereocenters. The highest BCUT2D eigenvalue weighted by atomic mass is 16.5. The molecule has 0 aromatic heterocycles. The van der Waals surface area contributed by atoms with Crippen molar-refractivity contribution < 1.29 is 29.3 Å². The number of hydrogen-bond donors (Lipinski definition) is 5. The number of carbonyl (C=O) groups excluding carboxylic acids is 1. The van der Waals surface area contributed by atoms with Gasteiger partial charge < -0.3 is 32.2 Å². The van der Waals surface area contributed by atoms with Crippen LogP contribution in [0.4, 0.5) is 0 Å². The number of carbonyl (C=O) groups is 3. The van der Waals surface area contributed by atoms with Gasteiger partial charge in [0.2, 0.25) is 0 Å². The third kappa shape index (κ3) is 17.5. The van der Waals surface area contributed by atoms with Crippen LogP contribution in [0, 0.1) is 0 Å². The molecule has 3 rings (SSSR count). The van der Waals surface area contributed by atoms with Gasteiger partial charge in [-0.05, 0) is 49.0 Å². The molecule has 0 aliphatic carbocycles. The molecule has 0 bridgehead atoms. The van der Waals surface area contributed by atoms with E-state index >= 15 is 0 Å². The van der Waals surface area contributed by atoms with Gasteiger partial charge in [-0.25, -0.2) is 4.79 Å². The standard InChI is InChI=1S/C13H10O.C8H11N.C5H12N2O2.C3H6O3/c14-10-11-6-8-13(9-7-11)12-4-2-1-3-5-12;9-7-6-8-4-2-1-3-5-8;6-3-1-2-4(7)5(8)9;1-6-2-3(4)5/h1-10H;1-5H,6-7,9H2;4H,1-3,6-7H2,(H,8,9);2H2,1H3,(H,4,5)/t;;4-;/m..0./s1. The summed E-state index contributed by atoms with van der Waals surface area (Å²) < 4.78 is 4.20. The van der Waals surface area contributed by atoms with Crippen LogP contribution in [-0.2, 0) is 20.7 Å². The van der Waals surface area contributed by atoms with E-state index in [1.807, 2.05) is 60.7 Å². The third-order valence-corrected chi connectivity index (χ3v) is 4.73. The molecule has 9 nitrogen and oxygen atoms in total. The molecule has 0 aliphatic rings. The SMILES string of the molecule is COCC(=O)O.NCCC[C@H](N)C(=O)O.NCCc1ccccc1.O=Cc1ccc(-c2ccccc2)cc1. The Bertz CT molecular complexity index is 1020. The van der Waals surface area contributed by atoms with Crippen molar-refractivity contribution in [2.24, 2.45) is 17.2 Å². The second-order valence-corrected chi connectivity index (χ2v) is 7.83. The molecule has 0 saturated carbocycles. The van der Waals surface area contributed by atoms with Crippen molar-refractivity contribution in [2.45, 2.75) is 25.3 Å². The summed E-state index contributed by atoms with van der Waals surface area (Å²) in [6.45, 7) is 1.03. The fraction of sp³-hybridized carbons (Fsp3) is 0.276. The summed E-state index contributed by atoms with van der Waals surface area (Å²) in [6.07, 6.45) is 2.98. The molecule has 38 heavy (non-hydrogen) atoms. The van der Waals surface area contributed by atoms with Crippen molar-refractivity contribution in [2.75, 3.05) is 26.8 Å². The Morgan fingerprint density at radius 1 is 0.842 bits per heavy atom. The molecule has 9 heteroatoms. The lowest BCUT2D eigenvalue weighted by Crippen LogP contribution is -2.30. The number of aliphatic carboxylic acids is 2. The predicted molar refractivity (Wildman–Crippen MR) is 150 cm³/mol. The Labute approximate surface area is 224 Å². The molecule has 0 spiro atoms. The molecule has 0 heterocycles. The quantitative estimate of drug-likeness (QED) is 0.248. The number of aldehydes is 1. The van der Waals surface area contributed by atoms with Gasteiger partial charge in [-0.2, -0.15) is 0 Å². The summed E-state index contributed by atoms with van der Waals surface area (Å²) in [5, 5.41) is 16.0. The molecule has 0 saturated heterocycles. The van der Waals surface area contributed by atoms with Gasteiger partial charge >= 0.3 is 11.9 Å². The number of methoxy groups -OCH3 is 1. The first-order valence-electron chi connectivity index (χ1n) is 12.0. The van der Waals surface area contributed by atoms with E-state index in [1.54, 1.807) is 0 Å². The number of carboxylic acid groups (broad SMARTS) is 2. The molecule has 8 N–H and O–H groups in total. The van der Waals surface area contributed by atoms with Gasteiger partial charge in [0, 0.05) is 12.7 Å². The van der Waals surface area contributed by atoms with Gasteiger partial charge in [0.25, 0.3) is 0 Å². The normalized spacial score (nSPS) is 10.2. The first-order valence-corrected chi connectivity index (χ1v) is 12.0. The Morgan fingerprint density at radius 2 is 1.37 bits per heavy atom. The van der Waals surface area contributed by atoms with Crippen molar-refractivity contribution >= 4 is 18.2 Å². The number of ether oxygens (including phenoxy) is 1. The maximum atomic E-state index is 10.5. The lowest BCUT2D eigenvalue weighted by atomic mass is 10.0. The second-order valence-electron chi connectivity index (χ2n) is 7.83. The van der Waals surface area contributed by atoms with Gasteiger partial charge in [0.15, 0.2) is 0 Å². The Morgan fingerprint density at radius 3 is 1.76 bits per heavy atom. The number of rotatable bonds is 10. The van der Waals surface area contributed by atoms with Crippen LogP contribution in [0.3, 0.4) is 0 Å². The molecule has 3 aromatic rings. The van der Waals surface area contributed by atoms with Crippen LogP contribution in [0.25, 0.3) is 11.1 Å². The average Bonchev–Trinajstić information content (AvgIpc) is 2.94. The Balaban J connectivity index is 0.000000506. The number of nitrogens with two attached hydrogens (primary N) is 3. The van der Waals surface area contributed by atoms with E-state index in [9.17, 15) is 14.4 Å². The lowest BCUT2D eigenvalue weighted by molar-refractivity contribution is -0.141. The molecule has 3 aromatic carbocycles. The molecule has 0 fully saturated rings. The molecular formula is C29H39N3O6.